The Labute approximate surface area is 80.1 Å². The van der Waals surface area contributed by atoms with E-state index in [1.165, 1.54) is 0 Å². The second-order valence-electron chi connectivity index (χ2n) is 2.80. The Morgan fingerprint density at radius 3 is 2.08 bits per heavy atom. The van der Waals surface area contributed by atoms with Gasteiger partial charge in [-0.25, -0.2) is 4.79 Å². The van der Waals surface area contributed by atoms with Crippen LogP contribution in [0.4, 0.5) is 4.79 Å². The molecule has 0 aliphatic carbocycles. The Morgan fingerprint density at radius 1 is 1.58 bits per heavy atom. The van der Waals surface area contributed by atoms with Gasteiger partial charge in [0.1, 0.15) is 4.32 Å². The van der Waals surface area contributed by atoms with E-state index in [1.807, 2.05) is 6.92 Å². The molecular formula is C7H15NO2S2. The van der Waals surface area contributed by atoms with Gasteiger partial charge in [0.15, 0.2) is 0 Å². The zero-order valence-corrected chi connectivity index (χ0v) is 9.46. The highest BCUT2D eigenvalue weighted by Crippen LogP contribution is 2.46. The van der Waals surface area contributed by atoms with Crippen molar-refractivity contribution < 1.29 is 9.90 Å². The van der Waals surface area contributed by atoms with E-state index in [-0.39, 0.29) is 0 Å². The molecule has 0 saturated carbocycles. The van der Waals surface area contributed by atoms with Gasteiger partial charge in [0.05, 0.1) is 0 Å². The Balaban J connectivity index is 4.76. The van der Waals surface area contributed by atoms with E-state index in [1.54, 1.807) is 25.3 Å². The molecule has 0 saturated heterocycles. The van der Waals surface area contributed by atoms with Crippen molar-refractivity contribution in [3.05, 3.63) is 0 Å². The zero-order valence-electron chi connectivity index (χ0n) is 7.83. The van der Waals surface area contributed by atoms with Crippen LogP contribution in [0, 0.1) is 0 Å². The van der Waals surface area contributed by atoms with E-state index in [9.17, 15) is 4.79 Å². The number of nitrogens with zero attached hydrogens (tertiary/aromatic N) is 1. The number of hydrogen-bond acceptors (Lipinski definition) is 2. The molecule has 72 valence electrons. The summed E-state index contributed by atoms with van der Waals surface area (Å²) < 4.78 is 0.553. The van der Waals surface area contributed by atoms with Crippen molar-refractivity contribution in [2.75, 3.05) is 26.1 Å². The predicted octanol–water partition coefficient (Wildman–Crippen LogP) is 1.97. The number of carboxylic acid groups (broad SMARTS) is 1. The Hall–Kier alpha value is -0.290. The molecule has 0 aromatic heterocycles. The first-order chi connectivity index (χ1) is 5.36. The molecule has 1 unspecified atom stereocenters. The minimum atomic E-state index is -1.80. The lowest BCUT2D eigenvalue weighted by Gasteiger charge is -2.33. The maximum Gasteiger partial charge on any atom is 0.353 e. The van der Waals surface area contributed by atoms with Crippen molar-refractivity contribution in [3.63, 3.8) is 0 Å². The van der Waals surface area contributed by atoms with E-state index in [2.05, 4.69) is 0 Å². The lowest BCUT2D eigenvalue weighted by Crippen LogP contribution is -2.30. The smallest absolute Gasteiger partial charge is 0.353 e. The number of thiocarbonyl (C=S) groups is 1. The van der Waals surface area contributed by atoms with Gasteiger partial charge < -0.3 is 10.0 Å². The van der Waals surface area contributed by atoms with Crippen LogP contribution in [0.1, 0.15) is 6.92 Å². The van der Waals surface area contributed by atoms with E-state index < -0.39 is 15.3 Å². The second-order valence-corrected chi connectivity index (χ2v) is 6.94. The summed E-state index contributed by atoms with van der Waals surface area (Å²) in [6, 6.07) is 0. The van der Waals surface area contributed by atoms with Crippen molar-refractivity contribution in [1.82, 2.24) is 4.90 Å². The van der Waals surface area contributed by atoms with Crippen molar-refractivity contribution in [2.45, 2.75) is 6.92 Å². The lowest BCUT2D eigenvalue weighted by atomic mass is 11.0. The molecule has 1 atom stereocenters. The molecule has 0 spiro atoms. The van der Waals surface area contributed by atoms with Crippen LogP contribution in [0.2, 0.25) is 0 Å². The third-order valence-electron chi connectivity index (χ3n) is 1.71. The normalized spacial score (nSPS) is 17.7. The molecule has 0 radical (unpaired) electrons. The van der Waals surface area contributed by atoms with Gasteiger partial charge in [-0.1, -0.05) is 29.2 Å². The van der Waals surface area contributed by atoms with Crippen LogP contribution in [0.3, 0.4) is 0 Å². The third kappa shape index (κ3) is 2.10. The van der Waals surface area contributed by atoms with Crippen molar-refractivity contribution >= 4 is 31.9 Å². The Bertz CT molecular complexity index is 206. The van der Waals surface area contributed by atoms with Gasteiger partial charge in [-0.05, 0) is 12.0 Å². The molecule has 0 aromatic carbocycles. The molecule has 0 rings (SSSR count). The summed E-state index contributed by atoms with van der Waals surface area (Å²) in [4.78, 5) is 12.6. The van der Waals surface area contributed by atoms with E-state index >= 15 is 0 Å². The van der Waals surface area contributed by atoms with E-state index in [0.717, 1.165) is 0 Å². The zero-order chi connectivity index (χ0) is 9.94. The summed E-state index contributed by atoms with van der Waals surface area (Å²) in [6.07, 6.45) is 1.73. The fraction of sp³-hybridized carbons (Fsp3) is 0.714. The quantitative estimate of drug-likeness (QED) is 0.670. The first kappa shape index (κ1) is 11.7. The maximum atomic E-state index is 10.9. The molecule has 0 fully saturated rings. The molecule has 0 aliphatic heterocycles. The summed E-state index contributed by atoms with van der Waals surface area (Å²) >= 11 is 5.07. The monoisotopic (exact) mass is 209 g/mol. The van der Waals surface area contributed by atoms with Gasteiger partial charge >= 0.3 is 5.30 Å². The molecule has 0 bridgehead atoms. The minimum absolute atomic E-state index is 0.553. The topological polar surface area (TPSA) is 40.5 Å². The Morgan fingerprint density at radius 2 is 2.00 bits per heavy atom. The fourth-order valence-electron chi connectivity index (χ4n) is 0.725. The summed E-state index contributed by atoms with van der Waals surface area (Å²) in [5.41, 5.74) is 0. The summed E-state index contributed by atoms with van der Waals surface area (Å²) in [7, 11) is 1.77. The van der Waals surface area contributed by atoms with Crippen molar-refractivity contribution in [2.24, 2.45) is 0 Å². The molecule has 0 aromatic rings. The molecule has 3 nitrogen and oxygen atoms in total. The van der Waals surface area contributed by atoms with E-state index in [4.69, 9.17) is 17.3 Å². The molecule has 12 heavy (non-hydrogen) atoms. The number of hydrogen-bond donors (Lipinski definition) is 1. The molecular weight excluding hydrogens is 194 g/mol. The van der Waals surface area contributed by atoms with Crippen LogP contribution in [-0.2, 0) is 0 Å². The van der Waals surface area contributed by atoms with Crippen LogP contribution < -0.4 is 0 Å². The molecule has 1 N–H and O–H groups in total. The molecule has 0 heterocycles. The lowest BCUT2D eigenvalue weighted by molar-refractivity contribution is 0.221. The summed E-state index contributed by atoms with van der Waals surface area (Å²) in [5.74, 6) is 0.597. The SMILES string of the molecule is CCS(C)(C(=O)O)C(=S)N(C)C. The van der Waals surface area contributed by atoms with Crippen LogP contribution in [0.5, 0.6) is 0 Å². The number of rotatable bonds is 1. The number of carbonyl (C=O) groups is 1. The highest BCUT2D eigenvalue weighted by Gasteiger charge is 2.30. The predicted molar refractivity (Wildman–Crippen MR) is 58.4 cm³/mol. The van der Waals surface area contributed by atoms with Gasteiger partial charge in [-0.2, -0.15) is 0 Å². The highest BCUT2D eigenvalue weighted by molar-refractivity contribution is 8.58. The van der Waals surface area contributed by atoms with Crippen LogP contribution >= 0.6 is 22.2 Å². The average molecular weight is 209 g/mol. The maximum absolute atomic E-state index is 10.9. The second kappa shape index (κ2) is 4.09. The van der Waals surface area contributed by atoms with Crippen molar-refractivity contribution in [1.29, 1.82) is 0 Å². The Kier molecular flexibility index (Phi) is 3.99. The first-order valence-corrected chi connectivity index (χ1v) is 6.18. The van der Waals surface area contributed by atoms with Crippen molar-refractivity contribution in [3.8, 4) is 0 Å². The van der Waals surface area contributed by atoms with Crippen LogP contribution in [0.15, 0.2) is 0 Å². The molecule has 0 aliphatic rings. The van der Waals surface area contributed by atoms with Gasteiger partial charge in [-0.15, -0.1) is 0 Å². The van der Waals surface area contributed by atoms with Gasteiger partial charge in [-0.3, -0.25) is 0 Å². The fourth-order valence-corrected chi connectivity index (χ4v) is 2.74. The molecule has 5 heteroatoms. The molecule has 0 amide bonds. The van der Waals surface area contributed by atoms with Gasteiger partial charge in [0.25, 0.3) is 0 Å². The summed E-state index contributed by atoms with van der Waals surface area (Å²) in [5, 5.41) is 8.20. The van der Waals surface area contributed by atoms with E-state index in [0.29, 0.717) is 10.1 Å². The average Bonchev–Trinajstić information content (AvgIpc) is 2.01. The standard InChI is InChI=1S/C7H15NO2S2/c1-5-12(4,7(9)10)6(11)8(2)3/h5H2,1-4H3,(H,9,10). The first-order valence-electron chi connectivity index (χ1n) is 3.56. The van der Waals surface area contributed by atoms with Crippen LogP contribution in [-0.4, -0.2) is 45.7 Å². The minimum Gasteiger partial charge on any atom is -0.474 e. The highest BCUT2D eigenvalue weighted by atomic mass is 32.3. The van der Waals surface area contributed by atoms with Gasteiger partial charge in [0, 0.05) is 14.1 Å². The van der Waals surface area contributed by atoms with Crippen LogP contribution in [0.25, 0.3) is 0 Å². The summed E-state index contributed by atoms with van der Waals surface area (Å²) in [6.45, 7) is 1.86. The van der Waals surface area contributed by atoms with Gasteiger partial charge in [0.2, 0.25) is 0 Å². The largest absolute Gasteiger partial charge is 0.474 e. The third-order valence-corrected chi connectivity index (χ3v) is 6.24.